The highest BCUT2D eigenvalue weighted by Crippen LogP contribution is 2.38. The fourth-order valence-corrected chi connectivity index (χ4v) is 6.56. The van der Waals surface area contributed by atoms with Crippen LogP contribution in [0, 0.1) is 17.5 Å². The summed E-state index contributed by atoms with van der Waals surface area (Å²) in [5, 5.41) is 14.5. The number of carbonyl (C=O) groups excluding carboxylic acids is 2. The van der Waals surface area contributed by atoms with Gasteiger partial charge < -0.3 is 44.2 Å². The number of amides is 2. The molecule has 0 unspecified atom stereocenters. The van der Waals surface area contributed by atoms with E-state index in [0.29, 0.717) is 31.2 Å². The number of carbonyl (C=O) groups is 3. The van der Waals surface area contributed by atoms with Crippen molar-refractivity contribution in [1.29, 1.82) is 0 Å². The van der Waals surface area contributed by atoms with Gasteiger partial charge >= 0.3 is 5.97 Å². The second-order valence-electron chi connectivity index (χ2n) is 14.0. The third-order valence-electron chi connectivity index (χ3n) is 9.64. The molecule has 7 atom stereocenters. The van der Waals surface area contributed by atoms with Crippen molar-refractivity contribution in [3.8, 4) is 0 Å². The normalized spacial score (nSPS) is 22.3. The molecule has 2 aliphatic rings. The second-order valence-corrected chi connectivity index (χ2v) is 14.0. The lowest BCUT2D eigenvalue weighted by Crippen LogP contribution is -2.64. The van der Waals surface area contributed by atoms with E-state index in [4.69, 9.17) is 33.5 Å². The van der Waals surface area contributed by atoms with Gasteiger partial charge in [0.2, 0.25) is 11.8 Å². The number of benzene rings is 3. The average Bonchev–Trinajstić information content (AvgIpc) is 3.20. The zero-order chi connectivity index (χ0) is 40.6. The summed E-state index contributed by atoms with van der Waals surface area (Å²) in [7, 11) is 0. The Hall–Kier alpha value is -4.38. The van der Waals surface area contributed by atoms with E-state index in [9.17, 15) is 27.6 Å². The van der Waals surface area contributed by atoms with Crippen LogP contribution >= 0.6 is 0 Å². The van der Waals surface area contributed by atoms with Crippen molar-refractivity contribution < 1.29 is 61.1 Å². The molecule has 57 heavy (non-hydrogen) atoms. The highest BCUT2D eigenvalue weighted by atomic mass is 19.1. The zero-order valence-corrected chi connectivity index (χ0v) is 31.9. The van der Waals surface area contributed by atoms with Crippen molar-refractivity contribution in [2.45, 2.75) is 115 Å². The predicted octanol–water partition coefficient (Wildman–Crippen LogP) is 6.26. The summed E-state index contributed by atoms with van der Waals surface area (Å²) in [5.41, 5.74) is 0.857. The molecule has 0 saturated carbocycles. The number of fused-ring (bicyclic) bond motifs is 1. The summed E-state index contributed by atoms with van der Waals surface area (Å²) < 4.78 is 81.7. The first-order valence-corrected chi connectivity index (χ1v) is 19.4. The van der Waals surface area contributed by atoms with Gasteiger partial charge in [0, 0.05) is 36.1 Å². The number of unbranched alkanes of at least 4 members (excludes halogenated alkanes) is 4. The molecule has 3 aromatic rings. The lowest BCUT2D eigenvalue weighted by atomic mass is 9.97. The number of aliphatic carboxylic acids is 1. The molecule has 12 nitrogen and oxygen atoms in total. The zero-order valence-electron chi connectivity index (χ0n) is 31.9. The standard InChI is InChI=1S/C42H51F3N2O10/c1-2-3-5-19-35(48)47-33(40(51)46-21-11-4-6-20-36(49)50)25-54-42-39(53-24-29-14-8-10-18-32(29)45)38(52-23-28-13-7-9-17-31(28)44)37-34(56-42)26-55-41(57-37)27-15-12-16-30(43)22-27/h7-10,12-18,22,33-34,37-39,41-42H,2-6,11,19-21,23-26H2,1H3,(H,46,51)(H,47,48)(H,49,50)/t33-,34+,37-,38-,39+,41-,42-/m0/s1. The number of rotatable bonds is 22. The molecule has 2 heterocycles. The highest BCUT2D eigenvalue weighted by Gasteiger charge is 2.52. The molecule has 2 amide bonds. The maximum absolute atomic E-state index is 14.9. The summed E-state index contributed by atoms with van der Waals surface area (Å²) in [6.07, 6.45) is -2.26. The van der Waals surface area contributed by atoms with Crippen LogP contribution in [-0.4, -0.2) is 79.4 Å². The third kappa shape index (κ3) is 13.3. The Bertz CT molecular complexity index is 1750. The number of ether oxygens (including phenoxy) is 6. The summed E-state index contributed by atoms with van der Waals surface area (Å²) >= 11 is 0. The summed E-state index contributed by atoms with van der Waals surface area (Å²) in [6, 6.07) is 16.7. The number of nitrogens with one attached hydrogen (secondary N) is 2. The number of halogens is 3. The van der Waals surface area contributed by atoms with Gasteiger partial charge in [0.1, 0.15) is 47.9 Å². The molecular weight excluding hydrogens is 749 g/mol. The predicted molar refractivity (Wildman–Crippen MR) is 200 cm³/mol. The monoisotopic (exact) mass is 800 g/mol. The molecule has 2 aliphatic heterocycles. The van der Waals surface area contributed by atoms with Crippen molar-refractivity contribution in [2.75, 3.05) is 19.8 Å². The van der Waals surface area contributed by atoms with Crippen molar-refractivity contribution in [3.05, 3.63) is 107 Å². The number of carboxylic acids is 1. The molecule has 3 aromatic carbocycles. The van der Waals surface area contributed by atoms with Gasteiger partial charge in [0.25, 0.3) is 0 Å². The minimum atomic E-state index is -1.30. The number of carboxylic acid groups (broad SMARTS) is 1. The van der Waals surface area contributed by atoms with Crippen molar-refractivity contribution >= 4 is 17.8 Å². The van der Waals surface area contributed by atoms with E-state index < -0.39 is 72.4 Å². The van der Waals surface area contributed by atoms with Gasteiger partial charge in [-0.05, 0) is 43.5 Å². The van der Waals surface area contributed by atoms with E-state index in [-0.39, 0.29) is 62.8 Å². The molecule has 0 radical (unpaired) electrons. The van der Waals surface area contributed by atoms with E-state index in [1.54, 1.807) is 42.5 Å². The quantitative estimate of drug-likeness (QED) is 0.0995. The Kier molecular flexibility index (Phi) is 17.3. The first kappa shape index (κ1) is 43.7. The Morgan fingerprint density at radius 1 is 0.807 bits per heavy atom. The van der Waals surface area contributed by atoms with Gasteiger partial charge in [-0.1, -0.05) is 74.7 Å². The minimum Gasteiger partial charge on any atom is -0.481 e. The van der Waals surface area contributed by atoms with Crippen molar-refractivity contribution in [3.63, 3.8) is 0 Å². The first-order valence-electron chi connectivity index (χ1n) is 19.4. The smallest absolute Gasteiger partial charge is 0.303 e. The van der Waals surface area contributed by atoms with Crippen LogP contribution < -0.4 is 10.6 Å². The van der Waals surface area contributed by atoms with Crippen LogP contribution in [0.5, 0.6) is 0 Å². The largest absolute Gasteiger partial charge is 0.481 e. The average molecular weight is 801 g/mol. The van der Waals surface area contributed by atoms with Crippen LogP contribution in [0.4, 0.5) is 13.2 Å². The van der Waals surface area contributed by atoms with Gasteiger partial charge in [-0.2, -0.15) is 0 Å². The molecule has 5 rings (SSSR count). The molecule has 2 saturated heterocycles. The fraction of sp³-hybridized carbons (Fsp3) is 0.500. The third-order valence-corrected chi connectivity index (χ3v) is 9.64. The molecular formula is C42H51F3N2O10. The van der Waals surface area contributed by atoms with Crippen molar-refractivity contribution in [2.24, 2.45) is 0 Å². The SMILES string of the molecule is CCCCCC(=O)N[C@@H](CO[C@H]1O[C@@H]2CO[C@H](c3cccc(F)c3)O[C@@H]2[C@H](OCc2ccccc2F)[C@H]1OCc1ccccc1F)C(=O)NCCCCCC(=O)O. The lowest BCUT2D eigenvalue weighted by molar-refractivity contribution is -0.372. The van der Waals surface area contributed by atoms with E-state index in [1.807, 2.05) is 6.92 Å². The topological polar surface area (TPSA) is 151 Å². The molecule has 15 heteroatoms. The van der Waals surface area contributed by atoms with Crippen LogP contribution in [0.15, 0.2) is 72.8 Å². The number of hydrogen-bond donors (Lipinski definition) is 3. The van der Waals surface area contributed by atoms with Crippen LogP contribution in [0.2, 0.25) is 0 Å². The first-order chi connectivity index (χ1) is 27.6. The molecule has 310 valence electrons. The van der Waals surface area contributed by atoms with Crippen molar-refractivity contribution in [1.82, 2.24) is 10.6 Å². The molecule has 0 spiro atoms. The van der Waals surface area contributed by atoms with Gasteiger partial charge in [0.05, 0.1) is 26.4 Å². The maximum atomic E-state index is 14.9. The molecule has 0 bridgehead atoms. The molecule has 3 N–H and O–H groups in total. The van der Waals surface area contributed by atoms with E-state index in [0.717, 1.165) is 12.8 Å². The maximum Gasteiger partial charge on any atom is 0.303 e. The molecule has 0 aliphatic carbocycles. The lowest BCUT2D eigenvalue weighted by Gasteiger charge is -2.49. The Morgan fingerprint density at radius 2 is 1.49 bits per heavy atom. The van der Waals surface area contributed by atoms with E-state index >= 15 is 0 Å². The summed E-state index contributed by atoms with van der Waals surface area (Å²) in [5.74, 6) is -3.30. The minimum absolute atomic E-state index is 0.0220. The Labute approximate surface area is 330 Å². The fourth-order valence-electron chi connectivity index (χ4n) is 6.56. The van der Waals surface area contributed by atoms with Crippen LogP contribution in [0.1, 0.15) is 81.3 Å². The van der Waals surface area contributed by atoms with Crippen LogP contribution in [0.3, 0.4) is 0 Å². The summed E-state index contributed by atoms with van der Waals surface area (Å²) in [6.45, 7) is 1.32. The van der Waals surface area contributed by atoms with E-state index in [1.165, 1.54) is 30.3 Å². The summed E-state index contributed by atoms with van der Waals surface area (Å²) in [4.78, 5) is 37.3. The van der Waals surface area contributed by atoms with Crippen LogP contribution in [-0.2, 0) is 56.0 Å². The highest BCUT2D eigenvalue weighted by molar-refractivity contribution is 5.87. The number of hydrogen-bond acceptors (Lipinski definition) is 9. The molecule has 2 fully saturated rings. The Morgan fingerprint density at radius 3 is 2.16 bits per heavy atom. The van der Waals surface area contributed by atoms with Gasteiger partial charge in [0.15, 0.2) is 12.6 Å². The van der Waals surface area contributed by atoms with Gasteiger partial charge in [-0.3, -0.25) is 14.4 Å². The van der Waals surface area contributed by atoms with E-state index in [2.05, 4.69) is 10.6 Å². The van der Waals surface area contributed by atoms with Crippen LogP contribution in [0.25, 0.3) is 0 Å². The van der Waals surface area contributed by atoms with Gasteiger partial charge in [-0.25, -0.2) is 13.2 Å². The van der Waals surface area contributed by atoms with Gasteiger partial charge in [-0.15, -0.1) is 0 Å². The second kappa shape index (κ2) is 22.5. The molecule has 0 aromatic heterocycles. The Balaban J connectivity index is 1.40.